The summed E-state index contributed by atoms with van der Waals surface area (Å²) < 4.78 is 5.90. The molecule has 0 aromatic heterocycles. The second kappa shape index (κ2) is 6.61. The predicted molar refractivity (Wildman–Crippen MR) is 69.7 cm³/mol. The summed E-state index contributed by atoms with van der Waals surface area (Å²) in [4.78, 5) is 0. The molecular weight excluding hydrogens is 198 g/mol. The Morgan fingerprint density at radius 2 is 1.88 bits per heavy atom. The summed E-state index contributed by atoms with van der Waals surface area (Å²) in [6.07, 6.45) is 5.65. The lowest BCUT2D eigenvalue weighted by atomic mass is 9.76. The Labute approximate surface area is 101 Å². The molecule has 1 aliphatic rings. The Balaban J connectivity index is 1.98. The number of nitrogens with one attached hydrogen (secondary N) is 1. The van der Waals surface area contributed by atoms with Crippen molar-refractivity contribution in [2.75, 3.05) is 19.7 Å². The van der Waals surface area contributed by atoms with E-state index in [9.17, 15) is 0 Å². The highest BCUT2D eigenvalue weighted by Crippen LogP contribution is 2.35. The molecule has 96 valence electrons. The van der Waals surface area contributed by atoms with Gasteiger partial charge in [0.25, 0.3) is 0 Å². The van der Waals surface area contributed by atoms with E-state index in [0.717, 1.165) is 25.6 Å². The fraction of sp³-hybridized carbons (Fsp3) is 1.00. The van der Waals surface area contributed by atoms with E-state index in [1.807, 2.05) is 0 Å². The lowest BCUT2D eigenvalue weighted by Gasteiger charge is -2.34. The highest BCUT2D eigenvalue weighted by molar-refractivity contribution is 4.78. The lowest BCUT2D eigenvalue weighted by Crippen LogP contribution is -2.30. The summed E-state index contributed by atoms with van der Waals surface area (Å²) in [6.45, 7) is 12.2. The van der Waals surface area contributed by atoms with Crippen LogP contribution in [0.4, 0.5) is 0 Å². The summed E-state index contributed by atoms with van der Waals surface area (Å²) in [6, 6.07) is 0. The topological polar surface area (TPSA) is 21.3 Å². The number of ether oxygens (including phenoxy) is 1. The Kier molecular flexibility index (Phi) is 5.77. The Bertz CT molecular complexity index is 179. The van der Waals surface area contributed by atoms with Crippen molar-refractivity contribution in [2.24, 2.45) is 11.3 Å². The Morgan fingerprint density at radius 3 is 2.44 bits per heavy atom. The van der Waals surface area contributed by atoms with Crippen molar-refractivity contribution < 1.29 is 4.74 Å². The molecule has 0 saturated heterocycles. The molecule has 1 fully saturated rings. The molecule has 0 spiro atoms. The molecular formula is C14H29NO. The first kappa shape index (κ1) is 14.0. The molecule has 0 amide bonds. The fourth-order valence-corrected chi connectivity index (χ4v) is 2.23. The first-order chi connectivity index (χ1) is 7.49. The predicted octanol–water partition coefficient (Wildman–Crippen LogP) is 3.22. The quantitative estimate of drug-likeness (QED) is 0.704. The van der Waals surface area contributed by atoms with Gasteiger partial charge in [-0.1, -0.05) is 27.7 Å². The number of hydrogen-bond donors (Lipinski definition) is 1. The molecule has 0 aromatic carbocycles. The van der Waals surface area contributed by atoms with E-state index in [0.29, 0.717) is 11.5 Å². The van der Waals surface area contributed by atoms with Gasteiger partial charge in [-0.15, -0.1) is 0 Å². The Morgan fingerprint density at radius 1 is 1.25 bits per heavy atom. The zero-order valence-corrected chi connectivity index (χ0v) is 11.5. The minimum absolute atomic E-state index is 0.522. The first-order valence-corrected chi connectivity index (χ1v) is 6.82. The monoisotopic (exact) mass is 227 g/mol. The second-order valence-electron chi connectivity index (χ2n) is 6.33. The zero-order chi connectivity index (χ0) is 12.0. The van der Waals surface area contributed by atoms with Gasteiger partial charge < -0.3 is 10.1 Å². The summed E-state index contributed by atoms with van der Waals surface area (Å²) in [5, 5.41) is 3.42. The molecule has 2 heteroatoms. The van der Waals surface area contributed by atoms with Crippen LogP contribution in [0.2, 0.25) is 0 Å². The molecule has 0 heterocycles. The molecule has 1 aliphatic carbocycles. The van der Waals surface area contributed by atoms with Gasteiger partial charge in [-0.3, -0.25) is 0 Å². The first-order valence-electron chi connectivity index (χ1n) is 6.82. The van der Waals surface area contributed by atoms with E-state index >= 15 is 0 Å². The highest BCUT2D eigenvalue weighted by Gasteiger charge is 2.26. The van der Waals surface area contributed by atoms with Crippen molar-refractivity contribution in [1.82, 2.24) is 5.32 Å². The maximum absolute atomic E-state index is 5.90. The molecule has 16 heavy (non-hydrogen) atoms. The van der Waals surface area contributed by atoms with Crippen LogP contribution in [0.5, 0.6) is 0 Å². The summed E-state index contributed by atoms with van der Waals surface area (Å²) in [5.74, 6) is 0.732. The molecule has 0 bridgehead atoms. The minimum atomic E-state index is 0.522. The van der Waals surface area contributed by atoms with Crippen LogP contribution in [-0.2, 0) is 4.74 Å². The molecule has 0 unspecified atom stereocenters. The maximum atomic E-state index is 5.90. The van der Waals surface area contributed by atoms with Gasteiger partial charge in [0.15, 0.2) is 0 Å². The third-order valence-electron chi connectivity index (χ3n) is 3.47. The zero-order valence-electron chi connectivity index (χ0n) is 11.5. The molecule has 0 aromatic rings. The van der Waals surface area contributed by atoms with Gasteiger partial charge in [0.2, 0.25) is 0 Å². The third kappa shape index (κ3) is 5.86. The number of hydrogen-bond acceptors (Lipinski definition) is 2. The van der Waals surface area contributed by atoms with Gasteiger partial charge in [-0.2, -0.15) is 0 Å². The van der Waals surface area contributed by atoms with Crippen LogP contribution in [0.3, 0.4) is 0 Å². The molecule has 0 atom stereocenters. The van der Waals surface area contributed by atoms with E-state index in [1.54, 1.807) is 0 Å². The van der Waals surface area contributed by atoms with Crippen molar-refractivity contribution in [3.8, 4) is 0 Å². The molecule has 0 radical (unpaired) electrons. The standard InChI is InChI=1S/C14H29NO/c1-12(2)11-15-9-10-16-13-5-7-14(3,4)8-6-13/h12-13,15H,5-11H2,1-4H3. The largest absolute Gasteiger partial charge is 0.377 e. The number of rotatable bonds is 6. The summed E-state index contributed by atoms with van der Waals surface area (Å²) in [7, 11) is 0. The van der Waals surface area contributed by atoms with Gasteiger partial charge in [-0.05, 0) is 43.6 Å². The second-order valence-corrected chi connectivity index (χ2v) is 6.33. The third-order valence-corrected chi connectivity index (χ3v) is 3.47. The van der Waals surface area contributed by atoms with Crippen LogP contribution in [0.15, 0.2) is 0 Å². The van der Waals surface area contributed by atoms with Crippen LogP contribution in [0, 0.1) is 11.3 Å². The van der Waals surface area contributed by atoms with E-state index in [2.05, 4.69) is 33.0 Å². The molecule has 1 rings (SSSR count). The van der Waals surface area contributed by atoms with Crippen LogP contribution in [0.1, 0.15) is 53.4 Å². The Hall–Kier alpha value is -0.0800. The lowest BCUT2D eigenvalue weighted by molar-refractivity contribution is 0.00591. The van der Waals surface area contributed by atoms with Crippen LogP contribution in [0.25, 0.3) is 0 Å². The highest BCUT2D eigenvalue weighted by atomic mass is 16.5. The van der Waals surface area contributed by atoms with Crippen molar-refractivity contribution in [3.63, 3.8) is 0 Å². The molecule has 1 N–H and O–H groups in total. The van der Waals surface area contributed by atoms with Crippen molar-refractivity contribution in [3.05, 3.63) is 0 Å². The van der Waals surface area contributed by atoms with Gasteiger partial charge in [0, 0.05) is 6.54 Å². The minimum Gasteiger partial charge on any atom is -0.377 e. The normalized spacial score (nSPS) is 21.6. The van der Waals surface area contributed by atoms with E-state index < -0.39 is 0 Å². The summed E-state index contributed by atoms with van der Waals surface area (Å²) in [5.41, 5.74) is 0.551. The molecule has 1 saturated carbocycles. The average molecular weight is 227 g/mol. The fourth-order valence-electron chi connectivity index (χ4n) is 2.23. The maximum Gasteiger partial charge on any atom is 0.0594 e. The SMILES string of the molecule is CC(C)CNCCOC1CCC(C)(C)CC1. The van der Waals surface area contributed by atoms with E-state index in [1.165, 1.54) is 25.7 Å². The van der Waals surface area contributed by atoms with Gasteiger partial charge >= 0.3 is 0 Å². The van der Waals surface area contributed by atoms with E-state index in [-0.39, 0.29) is 0 Å². The van der Waals surface area contributed by atoms with Crippen LogP contribution >= 0.6 is 0 Å². The van der Waals surface area contributed by atoms with Gasteiger partial charge in [0.1, 0.15) is 0 Å². The smallest absolute Gasteiger partial charge is 0.0594 e. The van der Waals surface area contributed by atoms with Gasteiger partial charge in [0.05, 0.1) is 12.7 Å². The molecule has 2 nitrogen and oxygen atoms in total. The molecule has 0 aliphatic heterocycles. The van der Waals surface area contributed by atoms with Gasteiger partial charge in [-0.25, -0.2) is 0 Å². The van der Waals surface area contributed by atoms with Crippen LogP contribution in [-0.4, -0.2) is 25.8 Å². The van der Waals surface area contributed by atoms with Crippen molar-refractivity contribution >= 4 is 0 Å². The average Bonchev–Trinajstić information content (AvgIpc) is 2.19. The van der Waals surface area contributed by atoms with Crippen LogP contribution < -0.4 is 5.32 Å². The van der Waals surface area contributed by atoms with Crippen molar-refractivity contribution in [2.45, 2.75) is 59.5 Å². The van der Waals surface area contributed by atoms with Crippen molar-refractivity contribution in [1.29, 1.82) is 0 Å². The summed E-state index contributed by atoms with van der Waals surface area (Å²) >= 11 is 0. The van der Waals surface area contributed by atoms with E-state index in [4.69, 9.17) is 4.74 Å².